The third-order valence-electron chi connectivity index (χ3n) is 4.67. The molecule has 2 aromatic heterocycles. The monoisotopic (exact) mass is 375 g/mol. The van der Waals surface area contributed by atoms with Crippen LogP contribution in [-0.2, 0) is 6.54 Å². The fourth-order valence-corrected chi connectivity index (χ4v) is 3.38. The van der Waals surface area contributed by atoms with Crippen LogP contribution in [0.15, 0.2) is 67.0 Å². The molecule has 0 bridgehead atoms. The van der Waals surface area contributed by atoms with Crippen molar-refractivity contribution in [2.75, 3.05) is 0 Å². The van der Waals surface area contributed by atoms with E-state index in [9.17, 15) is 0 Å². The Balaban J connectivity index is 1.68. The van der Waals surface area contributed by atoms with Crippen LogP contribution < -0.4 is 5.32 Å². The Morgan fingerprint density at radius 2 is 1.81 bits per heavy atom. The van der Waals surface area contributed by atoms with Crippen LogP contribution in [0.4, 0.5) is 0 Å². The number of fused-ring (bicyclic) bond motifs is 1. The van der Waals surface area contributed by atoms with Gasteiger partial charge in [-0.15, -0.1) is 0 Å². The Bertz CT molecular complexity index is 1060. The molecule has 0 atom stereocenters. The van der Waals surface area contributed by atoms with Crippen molar-refractivity contribution in [1.29, 1.82) is 0 Å². The maximum absolute atomic E-state index is 6.17. The molecule has 2 N–H and O–H groups in total. The number of hydrogen-bond donors (Lipinski definition) is 2. The molecule has 4 rings (SSSR count). The van der Waals surface area contributed by atoms with Crippen LogP contribution in [-0.4, -0.2) is 16.0 Å². The van der Waals surface area contributed by atoms with Gasteiger partial charge in [0.15, 0.2) is 0 Å². The second-order valence-corrected chi connectivity index (χ2v) is 7.50. The highest BCUT2D eigenvalue weighted by molar-refractivity contribution is 6.30. The lowest BCUT2D eigenvalue weighted by molar-refractivity contribution is 0.589. The van der Waals surface area contributed by atoms with Crippen molar-refractivity contribution in [3.8, 4) is 22.3 Å². The minimum atomic E-state index is 0.481. The summed E-state index contributed by atoms with van der Waals surface area (Å²) in [6, 6.07) is 19.2. The Morgan fingerprint density at radius 1 is 1.00 bits per heavy atom. The molecular weight excluding hydrogens is 354 g/mol. The van der Waals surface area contributed by atoms with Crippen molar-refractivity contribution in [2.45, 2.75) is 26.4 Å². The lowest BCUT2D eigenvalue weighted by atomic mass is 10.0. The molecule has 0 radical (unpaired) electrons. The zero-order valence-electron chi connectivity index (χ0n) is 15.5. The van der Waals surface area contributed by atoms with Gasteiger partial charge in [0.1, 0.15) is 5.65 Å². The molecule has 4 heteroatoms. The number of hydrogen-bond acceptors (Lipinski definition) is 2. The van der Waals surface area contributed by atoms with E-state index in [1.54, 1.807) is 0 Å². The predicted octanol–water partition coefficient (Wildman–Crippen LogP) is 6.05. The molecule has 0 spiro atoms. The van der Waals surface area contributed by atoms with Gasteiger partial charge in [-0.3, -0.25) is 0 Å². The molecule has 27 heavy (non-hydrogen) atoms. The highest BCUT2D eigenvalue weighted by Gasteiger charge is 2.09. The van der Waals surface area contributed by atoms with Gasteiger partial charge >= 0.3 is 0 Å². The van der Waals surface area contributed by atoms with Crippen molar-refractivity contribution >= 4 is 22.6 Å². The van der Waals surface area contributed by atoms with Gasteiger partial charge in [-0.1, -0.05) is 61.8 Å². The first-order chi connectivity index (χ1) is 13.1. The molecule has 0 aliphatic carbocycles. The van der Waals surface area contributed by atoms with Gasteiger partial charge in [0.05, 0.1) is 0 Å². The zero-order chi connectivity index (χ0) is 18.8. The number of nitrogens with one attached hydrogen (secondary N) is 2. The van der Waals surface area contributed by atoms with E-state index in [0.717, 1.165) is 44.9 Å². The summed E-state index contributed by atoms with van der Waals surface area (Å²) in [5.41, 5.74) is 6.63. The Kier molecular flexibility index (Phi) is 4.97. The topological polar surface area (TPSA) is 40.7 Å². The van der Waals surface area contributed by atoms with E-state index in [1.165, 1.54) is 5.56 Å². The van der Waals surface area contributed by atoms with Crippen LogP contribution in [0.5, 0.6) is 0 Å². The molecule has 4 aromatic rings. The van der Waals surface area contributed by atoms with Gasteiger partial charge in [0.25, 0.3) is 0 Å². The quantitative estimate of drug-likeness (QED) is 0.446. The second-order valence-electron chi connectivity index (χ2n) is 7.07. The van der Waals surface area contributed by atoms with Crippen LogP contribution >= 0.6 is 11.6 Å². The third-order valence-corrected chi connectivity index (χ3v) is 4.90. The fraction of sp³-hybridized carbons (Fsp3) is 0.174. The smallest absolute Gasteiger partial charge is 0.137 e. The summed E-state index contributed by atoms with van der Waals surface area (Å²) in [7, 11) is 0. The molecule has 136 valence electrons. The average molecular weight is 376 g/mol. The largest absolute Gasteiger partial charge is 0.346 e. The predicted molar refractivity (Wildman–Crippen MR) is 114 cm³/mol. The van der Waals surface area contributed by atoms with Gasteiger partial charge in [0.2, 0.25) is 0 Å². The van der Waals surface area contributed by atoms with Crippen LogP contribution in [0.3, 0.4) is 0 Å². The minimum Gasteiger partial charge on any atom is -0.346 e. The molecule has 2 heterocycles. The average Bonchev–Trinajstić information content (AvgIpc) is 3.10. The summed E-state index contributed by atoms with van der Waals surface area (Å²) in [5, 5.41) is 5.28. The molecule has 2 aromatic carbocycles. The highest BCUT2D eigenvalue weighted by Crippen LogP contribution is 2.32. The lowest BCUT2D eigenvalue weighted by Crippen LogP contribution is -2.21. The third kappa shape index (κ3) is 3.90. The van der Waals surface area contributed by atoms with Gasteiger partial charge in [-0.2, -0.15) is 0 Å². The SMILES string of the molecule is CC(C)NCc1ccc(-c2cnc3[nH]cc(-c4cccc(Cl)c4)c3c2)cc1. The molecule has 0 saturated heterocycles. The van der Waals surface area contributed by atoms with Gasteiger partial charge in [0, 0.05) is 46.5 Å². The summed E-state index contributed by atoms with van der Waals surface area (Å²) in [6.07, 6.45) is 3.91. The maximum Gasteiger partial charge on any atom is 0.137 e. The lowest BCUT2D eigenvalue weighted by Gasteiger charge is -2.09. The van der Waals surface area contributed by atoms with E-state index in [0.29, 0.717) is 6.04 Å². The molecule has 0 saturated carbocycles. The van der Waals surface area contributed by atoms with E-state index in [4.69, 9.17) is 11.6 Å². The van der Waals surface area contributed by atoms with E-state index in [2.05, 4.69) is 65.5 Å². The zero-order valence-corrected chi connectivity index (χ0v) is 16.2. The van der Waals surface area contributed by atoms with Crippen molar-refractivity contribution < 1.29 is 0 Å². The first kappa shape index (κ1) is 17.8. The van der Waals surface area contributed by atoms with Gasteiger partial charge in [-0.25, -0.2) is 4.98 Å². The Labute approximate surface area is 164 Å². The summed E-state index contributed by atoms with van der Waals surface area (Å²) in [6.45, 7) is 5.19. The molecule has 3 nitrogen and oxygen atoms in total. The Hall–Kier alpha value is -2.62. The van der Waals surface area contributed by atoms with Gasteiger partial charge in [-0.05, 0) is 34.9 Å². The van der Waals surface area contributed by atoms with Crippen molar-refractivity contribution in [2.24, 2.45) is 0 Å². The molecule has 0 fully saturated rings. The van der Waals surface area contributed by atoms with E-state index in [1.807, 2.05) is 30.6 Å². The van der Waals surface area contributed by atoms with Crippen LogP contribution in [0.25, 0.3) is 33.3 Å². The number of H-pyrrole nitrogens is 1. The number of aromatic nitrogens is 2. The van der Waals surface area contributed by atoms with Crippen molar-refractivity contribution in [1.82, 2.24) is 15.3 Å². The van der Waals surface area contributed by atoms with E-state index in [-0.39, 0.29) is 0 Å². The molecule has 0 aliphatic rings. The summed E-state index contributed by atoms with van der Waals surface area (Å²) in [4.78, 5) is 7.87. The van der Waals surface area contributed by atoms with Crippen molar-refractivity contribution in [3.05, 3.63) is 77.6 Å². The summed E-state index contributed by atoms with van der Waals surface area (Å²) < 4.78 is 0. The normalized spacial score (nSPS) is 11.4. The van der Waals surface area contributed by atoms with E-state index >= 15 is 0 Å². The highest BCUT2D eigenvalue weighted by atomic mass is 35.5. The fourth-order valence-electron chi connectivity index (χ4n) is 3.19. The number of rotatable bonds is 5. The molecule has 0 unspecified atom stereocenters. The Morgan fingerprint density at radius 3 is 2.56 bits per heavy atom. The number of pyridine rings is 1. The molecular formula is C23H22ClN3. The van der Waals surface area contributed by atoms with Crippen LogP contribution in [0, 0.1) is 0 Å². The van der Waals surface area contributed by atoms with Gasteiger partial charge < -0.3 is 10.3 Å². The van der Waals surface area contributed by atoms with Crippen LogP contribution in [0.2, 0.25) is 5.02 Å². The maximum atomic E-state index is 6.17. The first-order valence-corrected chi connectivity index (χ1v) is 9.54. The van der Waals surface area contributed by atoms with Crippen molar-refractivity contribution in [3.63, 3.8) is 0 Å². The minimum absolute atomic E-state index is 0.481. The molecule has 0 aliphatic heterocycles. The number of nitrogens with zero attached hydrogens (tertiary/aromatic N) is 1. The molecule has 0 amide bonds. The summed E-state index contributed by atoms with van der Waals surface area (Å²) >= 11 is 6.17. The number of benzene rings is 2. The van der Waals surface area contributed by atoms with E-state index < -0.39 is 0 Å². The first-order valence-electron chi connectivity index (χ1n) is 9.16. The number of halogens is 1. The number of aromatic amines is 1. The standard InChI is InChI=1S/C23H22ClN3/c1-15(2)25-12-16-6-8-17(9-7-16)19-11-21-22(14-27-23(21)26-13-19)18-4-3-5-20(24)10-18/h3-11,13-15,25H,12H2,1-2H3,(H,26,27). The summed E-state index contributed by atoms with van der Waals surface area (Å²) in [5.74, 6) is 0. The second kappa shape index (κ2) is 7.55. The van der Waals surface area contributed by atoms with Crippen LogP contribution in [0.1, 0.15) is 19.4 Å².